The molecule has 1 amide bonds. The van der Waals surface area contributed by atoms with E-state index in [1.54, 1.807) is 0 Å². The summed E-state index contributed by atoms with van der Waals surface area (Å²) in [4.78, 5) is 35.3. The van der Waals surface area contributed by atoms with Crippen molar-refractivity contribution in [1.29, 1.82) is 0 Å². The Morgan fingerprint density at radius 3 is 2.17 bits per heavy atom. The minimum atomic E-state index is -4.97. The number of benzene rings is 1. The first-order valence-corrected chi connectivity index (χ1v) is 17.3. The van der Waals surface area contributed by atoms with Gasteiger partial charge in [-0.2, -0.15) is 0 Å². The van der Waals surface area contributed by atoms with E-state index >= 15 is 4.39 Å². The van der Waals surface area contributed by atoms with Crippen LogP contribution in [0.15, 0.2) is 24.3 Å². The van der Waals surface area contributed by atoms with Crippen molar-refractivity contribution in [2.24, 2.45) is 5.41 Å². The molecule has 1 aliphatic carbocycles. The van der Waals surface area contributed by atoms with Crippen LogP contribution in [0.25, 0.3) is 10.5 Å². The van der Waals surface area contributed by atoms with Gasteiger partial charge in [0.05, 0.1) is 17.8 Å². The van der Waals surface area contributed by atoms with Crippen LogP contribution in [0.5, 0.6) is 5.75 Å². The summed E-state index contributed by atoms with van der Waals surface area (Å²) in [5, 5.41) is 13.8. The van der Waals surface area contributed by atoms with E-state index in [0.29, 0.717) is 18.2 Å². The van der Waals surface area contributed by atoms with Crippen LogP contribution in [0, 0.1) is 11.2 Å². The molecule has 1 fully saturated rings. The molecule has 19 heteroatoms. The van der Waals surface area contributed by atoms with Crippen LogP contribution in [-0.2, 0) is 51.9 Å². The van der Waals surface area contributed by atoms with E-state index in [4.69, 9.17) is 23.0 Å². The summed E-state index contributed by atoms with van der Waals surface area (Å²) in [6, 6.07) is 2.42. The van der Waals surface area contributed by atoms with E-state index in [1.165, 1.54) is 33.8 Å². The average Bonchev–Trinajstić information content (AvgIpc) is 3.41. The number of phosphoric ester groups is 1. The first-order valence-electron chi connectivity index (χ1n) is 14.4. The molecule has 1 atom stereocenters. The minimum Gasteiger partial charge on any atom is -0.507 e. The molecule has 0 saturated heterocycles. The molecule has 1 aromatic carbocycles. The summed E-state index contributed by atoms with van der Waals surface area (Å²) in [7, 11) is -9.88. The van der Waals surface area contributed by atoms with Crippen molar-refractivity contribution >= 4 is 46.5 Å². The van der Waals surface area contributed by atoms with Gasteiger partial charge in [-0.25, -0.2) is 40.3 Å². The van der Waals surface area contributed by atoms with Crippen molar-refractivity contribution in [3.8, 4) is 5.75 Å². The number of carbonyl (C=O) groups excluding carboxylic acids is 3. The van der Waals surface area contributed by atoms with Crippen LogP contribution in [0.1, 0.15) is 58.6 Å². The van der Waals surface area contributed by atoms with Gasteiger partial charge in [-0.3, -0.25) is 9.32 Å². The zero-order valence-corrected chi connectivity index (χ0v) is 27.9. The number of sulfonamides is 1. The summed E-state index contributed by atoms with van der Waals surface area (Å²) < 4.78 is 89.6. The number of carbonyl (C=O) groups is 3. The standard InChI is InChI=1S/C28H36FN2O14PS/c1-16(2)44-26(34)39-14-42-46(36,43-15-40-27(35)45-17(3)4)41-13-31-23(33)11-21(47(31,37)38)24-20(32)7-6-19(25(24)29)18-10-22(30-12-18)28(5)8-9-28/h6-7,10-11,16-17,22,30,32H,8-9,12-15H2,1-5H3. The van der Waals surface area contributed by atoms with Crippen LogP contribution in [0.2, 0.25) is 0 Å². The zero-order chi connectivity index (χ0) is 34.7. The maximum absolute atomic E-state index is 15.9. The molecule has 1 unspecified atom stereocenters. The summed E-state index contributed by atoms with van der Waals surface area (Å²) >= 11 is 0. The Balaban J connectivity index is 1.50. The predicted octanol–water partition coefficient (Wildman–Crippen LogP) is 4.35. The number of phosphoric acid groups is 1. The highest BCUT2D eigenvalue weighted by molar-refractivity contribution is 7.99. The van der Waals surface area contributed by atoms with E-state index in [9.17, 15) is 32.5 Å². The third kappa shape index (κ3) is 8.69. The van der Waals surface area contributed by atoms with Gasteiger partial charge in [0.25, 0.3) is 15.9 Å². The fourth-order valence-electron chi connectivity index (χ4n) is 4.52. The van der Waals surface area contributed by atoms with Crippen molar-refractivity contribution < 1.29 is 69.4 Å². The highest BCUT2D eigenvalue weighted by Gasteiger charge is 2.46. The Bertz CT molecular complexity index is 1590. The van der Waals surface area contributed by atoms with E-state index in [0.717, 1.165) is 18.9 Å². The van der Waals surface area contributed by atoms with Crippen LogP contribution < -0.4 is 5.32 Å². The lowest BCUT2D eigenvalue weighted by Gasteiger charge is -2.22. The number of nitrogens with one attached hydrogen (secondary N) is 1. The number of aromatic hydroxyl groups is 1. The fraction of sp³-hybridized carbons (Fsp3) is 0.536. The largest absolute Gasteiger partial charge is 0.510 e. The summed E-state index contributed by atoms with van der Waals surface area (Å²) in [6.07, 6.45) is 0.844. The normalized spacial score (nSPS) is 19.9. The molecule has 0 radical (unpaired) electrons. The van der Waals surface area contributed by atoms with Crippen molar-refractivity contribution in [2.75, 3.05) is 26.9 Å². The fourth-order valence-corrected chi connectivity index (χ4v) is 6.87. The molecular formula is C28H36FN2O14PS. The second-order valence-electron chi connectivity index (χ2n) is 11.5. The Morgan fingerprint density at radius 2 is 1.64 bits per heavy atom. The highest BCUT2D eigenvalue weighted by Crippen LogP contribution is 2.51. The second-order valence-corrected chi connectivity index (χ2v) is 15.0. The second kappa shape index (κ2) is 14.3. The van der Waals surface area contributed by atoms with Crippen molar-refractivity contribution in [1.82, 2.24) is 9.62 Å². The molecule has 260 valence electrons. The molecule has 0 spiro atoms. The number of rotatable bonds is 14. The number of phenols is 1. The third-order valence-corrected chi connectivity index (χ3v) is 10.2. The molecule has 0 aromatic heterocycles. The van der Waals surface area contributed by atoms with E-state index in [1.807, 2.05) is 6.08 Å². The zero-order valence-electron chi connectivity index (χ0n) is 26.2. The summed E-state index contributed by atoms with van der Waals surface area (Å²) in [5.41, 5.74) is -0.111. The van der Waals surface area contributed by atoms with Gasteiger partial charge in [0.1, 0.15) is 23.2 Å². The van der Waals surface area contributed by atoms with Crippen LogP contribution in [-0.4, -0.2) is 81.2 Å². The Hall–Kier alpha value is -3.54. The van der Waals surface area contributed by atoms with Crippen molar-refractivity contribution in [2.45, 2.75) is 65.7 Å². The third-order valence-electron chi connectivity index (χ3n) is 7.22. The SMILES string of the molecule is CC(C)OC(=O)OCOP(=O)(OCOC(=O)OC(C)C)OCN1C(=O)C=C(c2c(O)ccc(C3=CC(C4(C)CC4)NC3)c2F)S1(=O)=O. The first kappa shape index (κ1) is 36.3. The molecule has 3 aliphatic rings. The molecular weight excluding hydrogens is 670 g/mol. The molecule has 1 aromatic rings. The smallest absolute Gasteiger partial charge is 0.507 e. The highest BCUT2D eigenvalue weighted by atomic mass is 32.2. The van der Waals surface area contributed by atoms with Gasteiger partial charge in [0, 0.05) is 24.2 Å². The lowest BCUT2D eigenvalue weighted by Crippen LogP contribution is -2.33. The topological polar surface area (TPSA) is 203 Å². The molecule has 16 nitrogen and oxygen atoms in total. The number of hydrogen-bond donors (Lipinski definition) is 2. The lowest BCUT2D eigenvalue weighted by molar-refractivity contribution is -0.123. The molecule has 47 heavy (non-hydrogen) atoms. The molecule has 2 heterocycles. The van der Waals surface area contributed by atoms with Gasteiger partial charge in [0.2, 0.25) is 13.6 Å². The Kier molecular flexibility index (Phi) is 11.0. The van der Waals surface area contributed by atoms with Gasteiger partial charge in [0.15, 0.2) is 0 Å². The van der Waals surface area contributed by atoms with Crippen LogP contribution in [0.3, 0.4) is 0 Å². The van der Waals surface area contributed by atoms with Crippen LogP contribution >= 0.6 is 7.82 Å². The van der Waals surface area contributed by atoms with E-state index < -0.39 is 90.6 Å². The van der Waals surface area contributed by atoms with Gasteiger partial charge in [-0.05, 0) is 63.7 Å². The number of amides is 1. The molecule has 2 N–H and O–H groups in total. The summed E-state index contributed by atoms with van der Waals surface area (Å²) in [6.45, 7) is 4.99. The molecule has 2 aliphatic heterocycles. The summed E-state index contributed by atoms with van der Waals surface area (Å²) in [5.74, 6) is -3.06. The number of hydrogen-bond acceptors (Lipinski definition) is 15. The predicted molar refractivity (Wildman–Crippen MR) is 160 cm³/mol. The monoisotopic (exact) mass is 706 g/mol. The first-order chi connectivity index (χ1) is 22.0. The van der Waals surface area contributed by atoms with Crippen molar-refractivity contribution in [3.05, 3.63) is 41.2 Å². The van der Waals surface area contributed by atoms with Gasteiger partial charge < -0.3 is 29.4 Å². The number of halogens is 1. The van der Waals surface area contributed by atoms with Gasteiger partial charge >= 0.3 is 20.1 Å². The molecule has 0 bridgehead atoms. The quantitative estimate of drug-likeness (QED) is 0.157. The molecule has 1 saturated carbocycles. The number of phenolic OH excluding ortho intramolecular Hbond substituents is 1. The minimum absolute atomic E-state index is 0.00423. The maximum Gasteiger partial charge on any atom is 0.510 e. The number of ether oxygens (including phenoxy) is 4. The average molecular weight is 707 g/mol. The van der Waals surface area contributed by atoms with E-state index in [-0.39, 0.29) is 21.3 Å². The maximum atomic E-state index is 15.9. The van der Waals surface area contributed by atoms with Crippen molar-refractivity contribution in [3.63, 3.8) is 0 Å². The molecule has 4 rings (SSSR count). The van der Waals surface area contributed by atoms with Gasteiger partial charge in [-0.15, -0.1) is 0 Å². The Labute approximate surface area is 270 Å². The lowest BCUT2D eigenvalue weighted by atomic mass is 9.97. The van der Waals surface area contributed by atoms with E-state index in [2.05, 4.69) is 21.7 Å². The van der Waals surface area contributed by atoms with Gasteiger partial charge in [-0.1, -0.05) is 13.0 Å². The van der Waals surface area contributed by atoms with Crippen LogP contribution in [0.4, 0.5) is 14.0 Å². The Morgan fingerprint density at radius 1 is 1.06 bits per heavy atom. The number of nitrogens with zero attached hydrogens (tertiary/aromatic N) is 1.